The van der Waals surface area contributed by atoms with Gasteiger partial charge in [-0.05, 0) is 30.2 Å². The monoisotopic (exact) mass is 332 g/mol. The number of urea groups is 1. The summed E-state index contributed by atoms with van der Waals surface area (Å²) in [5, 5.41) is 16.5. The summed E-state index contributed by atoms with van der Waals surface area (Å²) in [6, 6.07) is 5.37. The van der Waals surface area contributed by atoms with Crippen molar-refractivity contribution in [1.29, 1.82) is 0 Å². The Labute approximate surface area is 137 Å². The lowest BCUT2D eigenvalue weighted by Gasteiger charge is -2.11. The van der Waals surface area contributed by atoms with Crippen molar-refractivity contribution in [3.05, 3.63) is 30.1 Å². The number of carbonyl (C=O) groups excluding carboxylic acids is 2. The van der Waals surface area contributed by atoms with Gasteiger partial charge in [-0.15, -0.1) is 10.2 Å². The van der Waals surface area contributed by atoms with Crippen LogP contribution < -0.4 is 10.6 Å². The van der Waals surface area contributed by atoms with Crippen molar-refractivity contribution >= 4 is 11.9 Å². The van der Waals surface area contributed by atoms with E-state index in [-0.39, 0.29) is 18.4 Å². The van der Waals surface area contributed by atoms with Crippen LogP contribution in [0.2, 0.25) is 0 Å². The maximum Gasteiger partial charge on any atom is 0.321 e. The molecule has 0 spiro atoms. The molecule has 0 radical (unpaired) electrons. The van der Waals surface area contributed by atoms with E-state index < -0.39 is 17.8 Å². The number of benzene rings is 1. The second kappa shape index (κ2) is 7.16. The summed E-state index contributed by atoms with van der Waals surface area (Å²) in [6.07, 6.45) is 4.04. The number of aromatic nitrogens is 4. The normalized spacial score (nSPS) is 14.5. The molecule has 0 saturated heterocycles. The second-order valence-corrected chi connectivity index (χ2v) is 5.66. The predicted octanol–water partition coefficient (Wildman–Crippen LogP) is 1.25. The van der Waals surface area contributed by atoms with E-state index in [1.54, 1.807) is 6.07 Å². The van der Waals surface area contributed by atoms with Crippen LogP contribution in [-0.2, 0) is 11.3 Å². The van der Waals surface area contributed by atoms with Crippen LogP contribution in [-0.4, -0.2) is 38.2 Å². The summed E-state index contributed by atoms with van der Waals surface area (Å²) in [6.45, 7) is -0.250. The standard InChI is InChI=1S/C15H17FN6O2/c16-11-5-3-4-10(8-11)14-19-21-22(20-14)9-13(23)18-15(24)17-12-6-1-2-7-12/h3-5,8,12H,1-2,6-7,9H2,(H2,17,18,23,24). The molecule has 1 saturated carbocycles. The molecule has 126 valence electrons. The van der Waals surface area contributed by atoms with Crippen molar-refractivity contribution in [2.24, 2.45) is 0 Å². The first kappa shape index (κ1) is 16.0. The number of rotatable bonds is 4. The molecule has 1 aromatic carbocycles. The third-order valence-corrected chi connectivity index (χ3v) is 3.76. The van der Waals surface area contributed by atoms with Gasteiger partial charge in [0.25, 0.3) is 5.91 Å². The first-order valence-corrected chi connectivity index (χ1v) is 7.74. The van der Waals surface area contributed by atoms with Gasteiger partial charge in [0.15, 0.2) is 0 Å². The number of nitrogens with zero attached hydrogens (tertiary/aromatic N) is 4. The quantitative estimate of drug-likeness (QED) is 0.877. The largest absolute Gasteiger partial charge is 0.335 e. The molecule has 0 atom stereocenters. The van der Waals surface area contributed by atoms with E-state index in [0.717, 1.165) is 30.5 Å². The van der Waals surface area contributed by atoms with Crippen LogP contribution in [0.3, 0.4) is 0 Å². The highest BCUT2D eigenvalue weighted by Crippen LogP contribution is 2.17. The molecule has 2 N–H and O–H groups in total. The summed E-state index contributed by atoms with van der Waals surface area (Å²) in [7, 11) is 0. The van der Waals surface area contributed by atoms with Gasteiger partial charge >= 0.3 is 6.03 Å². The van der Waals surface area contributed by atoms with E-state index in [2.05, 4.69) is 26.0 Å². The number of tetrazole rings is 1. The summed E-state index contributed by atoms with van der Waals surface area (Å²) >= 11 is 0. The molecule has 3 amide bonds. The molecule has 8 nitrogen and oxygen atoms in total. The Bertz CT molecular complexity index is 741. The maximum absolute atomic E-state index is 13.2. The van der Waals surface area contributed by atoms with Gasteiger partial charge in [-0.25, -0.2) is 9.18 Å². The maximum atomic E-state index is 13.2. The lowest BCUT2D eigenvalue weighted by atomic mass is 10.2. The average molecular weight is 332 g/mol. The van der Waals surface area contributed by atoms with Gasteiger partial charge in [0, 0.05) is 11.6 Å². The molecular weight excluding hydrogens is 315 g/mol. The molecular formula is C15H17FN6O2. The van der Waals surface area contributed by atoms with E-state index in [0.29, 0.717) is 5.56 Å². The third-order valence-electron chi connectivity index (χ3n) is 3.76. The van der Waals surface area contributed by atoms with Crippen LogP contribution in [0.4, 0.5) is 9.18 Å². The highest BCUT2D eigenvalue weighted by Gasteiger charge is 2.18. The van der Waals surface area contributed by atoms with Crippen LogP contribution in [0.15, 0.2) is 24.3 Å². The van der Waals surface area contributed by atoms with Gasteiger partial charge in [0.2, 0.25) is 5.82 Å². The second-order valence-electron chi connectivity index (χ2n) is 5.66. The third kappa shape index (κ3) is 4.12. The minimum Gasteiger partial charge on any atom is -0.335 e. The van der Waals surface area contributed by atoms with E-state index in [1.165, 1.54) is 18.2 Å². The van der Waals surface area contributed by atoms with Crippen LogP contribution >= 0.6 is 0 Å². The molecule has 1 heterocycles. The highest BCUT2D eigenvalue weighted by atomic mass is 19.1. The first-order valence-electron chi connectivity index (χ1n) is 7.74. The van der Waals surface area contributed by atoms with Crippen molar-refractivity contribution in [2.45, 2.75) is 38.3 Å². The fourth-order valence-electron chi connectivity index (χ4n) is 2.64. The number of imide groups is 1. The number of hydrogen-bond acceptors (Lipinski definition) is 5. The topological polar surface area (TPSA) is 102 Å². The van der Waals surface area contributed by atoms with Gasteiger partial charge in [-0.2, -0.15) is 4.80 Å². The number of halogens is 1. The van der Waals surface area contributed by atoms with E-state index >= 15 is 0 Å². The Morgan fingerprint density at radius 1 is 1.29 bits per heavy atom. The lowest BCUT2D eigenvalue weighted by molar-refractivity contribution is -0.121. The molecule has 9 heteroatoms. The zero-order chi connectivity index (χ0) is 16.9. The molecule has 1 fully saturated rings. The minimum atomic E-state index is -0.548. The number of hydrogen-bond donors (Lipinski definition) is 2. The summed E-state index contributed by atoms with van der Waals surface area (Å²) in [5.41, 5.74) is 0.459. The van der Waals surface area contributed by atoms with Gasteiger partial charge in [0.05, 0.1) is 0 Å². The Morgan fingerprint density at radius 3 is 2.83 bits per heavy atom. The minimum absolute atomic E-state index is 0.127. The fraction of sp³-hybridized carbons (Fsp3) is 0.400. The van der Waals surface area contributed by atoms with Gasteiger partial charge in [-0.1, -0.05) is 25.0 Å². The fourth-order valence-corrected chi connectivity index (χ4v) is 2.64. The van der Waals surface area contributed by atoms with E-state index in [1.807, 2.05) is 0 Å². The zero-order valence-corrected chi connectivity index (χ0v) is 12.9. The van der Waals surface area contributed by atoms with Crippen molar-refractivity contribution in [3.63, 3.8) is 0 Å². The summed E-state index contributed by atoms with van der Waals surface area (Å²) < 4.78 is 13.2. The molecule has 1 aromatic heterocycles. The van der Waals surface area contributed by atoms with E-state index in [4.69, 9.17) is 0 Å². The van der Waals surface area contributed by atoms with Crippen LogP contribution in [0.5, 0.6) is 0 Å². The molecule has 1 aliphatic carbocycles. The first-order chi connectivity index (χ1) is 11.6. The van der Waals surface area contributed by atoms with Gasteiger partial charge in [0.1, 0.15) is 12.4 Å². The predicted molar refractivity (Wildman–Crippen MR) is 82.1 cm³/mol. The number of amides is 3. The van der Waals surface area contributed by atoms with E-state index in [9.17, 15) is 14.0 Å². The van der Waals surface area contributed by atoms with Crippen LogP contribution in [0, 0.1) is 5.82 Å². The van der Waals surface area contributed by atoms with Crippen molar-refractivity contribution < 1.29 is 14.0 Å². The highest BCUT2D eigenvalue weighted by molar-refractivity contribution is 5.94. The van der Waals surface area contributed by atoms with Gasteiger partial charge in [-0.3, -0.25) is 10.1 Å². The Hall–Kier alpha value is -2.84. The summed E-state index contributed by atoms with van der Waals surface area (Å²) in [5.74, 6) is -0.753. The number of carbonyl (C=O) groups is 2. The summed E-state index contributed by atoms with van der Waals surface area (Å²) in [4.78, 5) is 24.6. The SMILES string of the molecule is O=C(Cn1nnc(-c2cccc(F)c2)n1)NC(=O)NC1CCCC1. The van der Waals surface area contributed by atoms with Crippen LogP contribution in [0.1, 0.15) is 25.7 Å². The molecule has 0 bridgehead atoms. The van der Waals surface area contributed by atoms with Crippen molar-refractivity contribution in [1.82, 2.24) is 30.8 Å². The Morgan fingerprint density at radius 2 is 2.08 bits per heavy atom. The molecule has 2 aromatic rings. The average Bonchev–Trinajstić information content (AvgIpc) is 3.19. The van der Waals surface area contributed by atoms with Crippen LogP contribution in [0.25, 0.3) is 11.4 Å². The molecule has 0 unspecified atom stereocenters. The smallest absolute Gasteiger partial charge is 0.321 e. The Balaban J connectivity index is 1.54. The zero-order valence-electron chi connectivity index (χ0n) is 12.9. The van der Waals surface area contributed by atoms with Crippen molar-refractivity contribution in [3.8, 4) is 11.4 Å². The Kier molecular flexibility index (Phi) is 4.78. The molecule has 1 aliphatic rings. The lowest BCUT2D eigenvalue weighted by Crippen LogP contribution is -2.44. The number of nitrogens with one attached hydrogen (secondary N) is 2. The molecule has 0 aliphatic heterocycles. The molecule has 3 rings (SSSR count). The van der Waals surface area contributed by atoms with Crippen molar-refractivity contribution in [2.75, 3.05) is 0 Å². The van der Waals surface area contributed by atoms with Gasteiger partial charge < -0.3 is 5.32 Å². The molecule has 24 heavy (non-hydrogen) atoms.